The molecule has 1 aliphatic heterocycles. The van der Waals surface area contributed by atoms with Gasteiger partial charge in [0.2, 0.25) is 5.78 Å². The van der Waals surface area contributed by atoms with E-state index in [-0.39, 0.29) is 44.9 Å². The number of hydrogen-bond acceptors (Lipinski definition) is 10. The quantitative estimate of drug-likeness (QED) is 0.537. The van der Waals surface area contributed by atoms with Gasteiger partial charge in [0.05, 0.1) is 12.7 Å². The molecule has 1 aromatic heterocycles. The number of carbonyl (C=O) groups is 3. The van der Waals surface area contributed by atoms with Gasteiger partial charge in [0.1, 0.15) is 28.2 Å². The molecule has 37 heavy (non-hydrogen) atoms. The molecule has 2 aromatic carbocycles. The fraction of sp³-hybridized carbons (Fsp3) is 0.259. The number of rotatable bonds is 4. The third-order valence-electron chi connectivity index (χ3n) is 6.64. The Morgan fingerprint density at radius 3 is 2.35 bits per heavy atom. The molecule has 0 amide bonds. The molecule has 3 aromatic rings. The van der Waals surface area contributed by atoms with Gasteiger partial charge >= 0.3 is 11.4 Å². The maximum Gasteiger partial charge on any atom is 0.347 e. The predicted octanol–water partition coefficient (Wildman–Crippen LogP) is 3.66. The lowest BCUT2D eigenvalue weighted by molar-refractivity contribution is -0.0563. The summed E-state index contributed by atoms with van der Waals surface area (Å²) in [6, 6.07) is 3.23. The minimum absolute atomic E-state index is 0.131. The maximum absolute atomic E-state index is 13.6. The third-order valence-corrected chi connectivity index (χ3v) is 6.64. The van der Waals surface area contributed by atoms with Crippen LogP contribution in [0, 0.1) is 13.8 Å². The average Bonchev–Trinajstić information content (AvgIpc) is 3.10. The van der Waals surface area contributed by atoms with Gasteiger partial charge < -0.3 is 28.8 Å². The van der Waals surface area contributed by atoms with Gasteiger partial charge in [-0.25, -0.2) is 4.79 Å². The molecule has 10 nitrogen and oxygen atoms in total. The van der Waals surface area contributed by atoms with Crippen molar-refractivity contribution in [1.29, 1.82) is 0 Å². The van der Waals surface area contributed by atoms with Crippen molar-refractivity contribution in [3.05, 3.63) is 68.0 Å². The summed E-state index contributed by atoms with van der Waals surface area (Å²) >= 11 is 0. The summed E-state index contributed by atoms with van der Waals surface area (Å²) in [5, 5.41) is 22.3. The summed E-state index contributed by atoms with van der Waals surface area (Å²) in [6.07, 6.45) is 1.31. The van der Waals surface area contributed by atoms with Gasteiger partial charge in [-0.3, -0.25) is 14.4 Å². The fourth-order valence-electron chi connectivity index (χ4n) is 4.84. The van der Waals surface area contributed by atoms with E-state index in [4.69, 9.17) is 18.6 Å². The molecule has 0 saturated carbocycles. The van der Waals surface area contributed by atoms with Crippen LogP contribution in [0.5, 0.6) is 23.0 Å². The largest absolute Gasteiger partial charge is 0.506 e. The molecule has 1 atom stereocenters. The summed E-state index contributed by atoms with van der Waals surface area (Å²) in [4.78, 5) is 51.7. The number of allylic oxidation sites excluding steroid dienone is 2. The van der Waals surface area contributed by atoms with E-state index in [0.29, 0.717) is 23.1 Å². The number of ether oxygens (including phenoxy) is 3. The zero-order valence-corrected chi connectivity index (χ0v) is 20.6. The number of carbonyl (C=O) groups excluding carboxylic acids is 3. The molecule has 0 spiro atoms. The van der Waals surface area contributed by atoms with Gasteiger partial charge in [-0.15, -0.1) is 0 Å². The highest BCUT2D eigenvalue weighted by Crippen LogP contribution is 2.49. The molecule has 2 aliphatic rings. The van der Waals surface area contributed by atoms with Crippen LogP contribution in [-0.4, -0.2) is 40.5 Å². The molecule has 2 heterocycles. The lowest BCUT2D eigenvalue weighted by Gasteiger charge is -2.26. The predicted molar refractivity (Wildman–Crippen MR) is 129 cm³/mol. The number of ketones is 3. The van der Waals surface area contributed by atoms with Gasteiger partial charge in [0.15, 0.2) is 23.0 Å². The van der Waals surface area contributed by atoms with Crippen LogP contribution in [-0.2, 0) is 11.2 Å². The van der Waals surface area contributed by atoms with Gasteiger partial charge in [-0.1, -0.05) is 6.92 Å². The van der Waals surface area contributed by atoms with E-state index in [1.807, 2.05) is 0 Å². The molecule has 190 valence electrons. The summed E-state index contributed by atoms with van der Waals surface area (Å²) in [7, 11) is 1.23. The first kappa shape index (κ1) is 24.1. The highest BCUT2D eigenvalue weighted by molar-refractivity contribution is 6.27. The molecule has 0 bridgehead atoms. The SMILES string of the molecule is CCc1cc2cc(C)oc(=O)c2c(O)c1OC1(C)Oc2c(C)c3c(c(O)c2C1=O)C(=O)C=C(OC)C3=O. The number of methoxy groups -OCH3 is 1. The van der Waals surface area contributed by atoms with E-state index < -0.39 is 40.3 Å². The summed E-state index contributed by atoms with van der Waals surface area (Å²) in [5.41, 5.74) is -0.982. The van der Waals surface area contributed by atoms with E-state index in [2.05, 4.69) is 0 Å². The summed E-state index contributed by atoms with van der Waals surface area (Å²) < 4.78 is 21.9. The van der Waals surface area contributed by atoms with Crippen molar-refractivity contribution in [3.63, 3.8) is 0 Å². The van der Waals surface area contributed by atoms with Crippen molar-refractivity contribution in [2.75, 3.05) is 7.11 Å². The molecular weight excluding hydrogens is 484 g/mol. The van der Waals surface area contributed by atoms with Crippen molar-refractivity contribution in [1.82, 2.24) is 0 Å². The Labute approximate surface area is 209 Å². The smallest absolute Gasteiger partial charge is 0.347 e. The number of aromatic hydroxyl groups is 2. The number of benzene rings is 2. The van der Waals surface area contributed by atoms with Crippen LogP contribution < -0.4 is 15.1 Å². The van der Waals surface area contributed by atoms with Crippen LogP contribution in [0.4, 0.5) is 0 Å². The lowest BCUT2D eigenvalue weighted by Crippen LogP contribution is -2.43. The second kappa shape index (κ2) is 7.95. The normalized spacial score (nSPS) is 18.4. The van der Waals surface area contributed by atoms with Gasteiger partial charge in [-0.05, 0) is 43.4 Å². The van der Waals surface area contributed by atoms with Gasteiger partial charge in [0, 0.05) is 24.1 Å². The number of Topliss-reactive ketones (excluding diaryl/α,β-unsaturated/α-hetero) is 2. The molecule has 1 aliphatic carbocycles. The van der Waals surface area contributed by atoms with Crippen molar-refractivity contribution >= 4 is 28.1 Å². The minimum atomic E-state index is -2.11. The molecule has 1 unspecified atom stereocenters. The summed E-state index contributed by atoms with van der Waals surface area (Å²) in [5.74, 6) is -5.74. The number of phenolic OH excluding ortho intramolecular Hbond substituents is 2. The highest BCUT2D eigenvalue weighted by atomic mass is 16.7. The standard InChI is InChI=1S/C27H22O10/c1-6-12-8-13-7-10(2)35-26(33)17(13)22(31)24(12)37-27(4)25(32)19-21(30)18-14(28)9-15(34-5)20(29)16(18)11(3)23(19)36-27/h7-9,30-31H,6H2,1-5H3. The van der Waals surface area contributed by atoms with Gasteiger partial charge in [-0.2, -0.15) is 0 Å². The maximum atomic E-state index is 13.6. The molecule has 2 N–H and O–H groups in total. The Morgan fingerprint density at radius 1 is 1.00 bits per heavy atom. The third kappa shape index (κ3) is 3.25. The van der Waals surface area contributed by atoms with E-state index in [0.717, 1.165) is 6.08 Å². The first-order valence-electron chi connectivity index (χ1n) is 11.4. The summed E-state index contributed by atoms with van der Waals surface area (Å²) in [6.45, 7) is 6.14. The van der Waals surface area contributed by atoms with Gasteiger partial charge in [0.25, 0.3) is 5.78 Å². The Bertz CT molecular complexity index is 1670. The number of phenols is 2. The van der Waals surface area contributed by atoms with E-state index in [9.17, 15) is 29.4 Å². The van der Waals surface area contributed by atoms with Crippen LogP contribution in [0.3, 0.4) is 0 Å². The van der Waals surface area contributed by atoms with Crippen LogP contribution in [0.2, 0.25) is 0 Å². The fourth-order valence-corrected chi connectivity index (χ4v) is 4.84. The average molecular weight is 506 g/mol. The zero-order valence-electron chi connectivity index (χ0n) is 20.6. The molecule has 0 fully saturated rings. The Morgan fingerprint density at radius 2 is 1.70 bits per heavy atom. The number of fused-ring (bicyclic) bond motifs is 3. The van der Waals surface area contributed by atoms with Crippen molar-refractivity contribution in [3.8, 4) is 23.0 Å². The van der Waals surface area contributed by atoms with Crippen LogP contribution >= 0.6 is 0 Å². The first-order valence-corrected chi connectivity index (χ1v) is 11.4. The first-order chi connectivity index (χ1) is 17.4. The van der Waals surface area contributed by atoms with E-state index in [1.54, 1.807) is 26.0 Å². The topological polar surface area (TPSA) is 150 Å². The van der Waals surface area contributed by atoms with Crippen molar-refractivity contribution < 1.29 is 43.2 Å². The highest BCUT2D eigenvalue weighted by Gasteiger charge is 2.52. The van der Waals surface area contributed by atoms with E-state index >= 15 is 0 Å². The van der Waals surface area contributed by atoms with Crippen molar-refractivity contribution in [2.45, 2.75) is 39.9 Å². The molecule has 5 rings (SSSR count). The monoisotopic (exact) mass is 506 g/mol. The lowest BCUT2D eigenvalue weighted by atomic mass is 9.86. The Kier molecular flexibility index (Phi) is 5.18. The second-order valence-electron chi connectivity index (χ2n) is 8.99. The number of hydrogen-bond donors (Lipinski definition) is 2. The number of aryl methyl sites for hydroxylation is 2. The molecule has 0 saturated heterocycles. The van der Waals surface area contributed by atoms with Crippen LogP contribution in [0.15, 0.2) is 33.2 Å². The molecule has 10 heteroatoms. The Hall–Kier alpha value is -4.60. The molecular formula is C27H22O10. The van der Waals surface area contributed by atoms with E-state index in [1.165, 1.54) is 21.0 Å². The molecule has 0 radical (unpaired) electrons. The zero-order chi connectivity index (χ0) is 27.0. The van der Waals surface area contributed by atoms with Crippen molar-refractivity contribution in [2.24, 2.45) is 0 Å². The second-order valence-corrected chi connectivity index (χ2v) is 8.99. The minimum Gasteiger partial charge on any atom is -0.506 e. The van der Waals surface area contributed by atoms with Crippen LogP contribution in [0.1, 0.15) is 61.8 Å². The Balaban J connectivity index is 1.67. The van der Waals surface area contributed by atoms with Crippen LogP contribution in [0.25, 0.3) is 10.8 Å².